The summed E-state index contributed by atoms with van der Waals surface area (Å²) in [6.45, 7) is 0.493. The van der Waals surface area contributed by atoms with Crippen LogP contribution in [0.1, 0.15) is 23.2 Å². The van der Waals surface area contributed by atoms with Gasteiger partial charge in [0, 0.05) is 6.54 Å². The first kappa shape index (κ1) is 16.3. The van der Waals surface area contributed by atoms with Gasteiger partial charge in [0.2, 0.25) is 0 Å². The number of amides is 2. The number of anilines is 1. The molecule has 0 unspecified atom stereocenters. The Morgan fingerprint density at radius 1 is 1.35 bits per heavy atom. The molecular formula is C13H17FN2O3S. The number of carboxylic acids is 1. The molecule has 0 atom stereocenters. The first-order valence-electron chi connectivity index (χ1n) is 6.11. The molecule has 0 heterocycles. The van der Waals surface area contributed by atoms with Gasteiger partial charge in [-0.1, -0.05) is 0 Å². The van der Waals surface area contributed by atoms with Gasteiger partial charge in [-0.15, -0.1) is 0 Å². The highest BCUT2D eigenvalue weighted by atomic mass is 32.2. The van der Waals surface area contributed by atoms with Crippen molar-refractivity contribution in [1.29, 1.82) is 0 Å². The molecule has 1 aromatic rings. The molecule has 0 bridgehead atoms. The standard InChI is InChI=1S/C13H17FN2O3S/c1-20-7-3-2-6-15-13(19)16-11-8-9(12(17)18)4-5-10(11)14/h4-5,8H,2-3,6-7H2,1H3,(H,17,18)(H2,15,16,19). The third-order valence-electron chi connectivity index (χ3n) is 2.52. The first-order chi connectivity index (χ1) is 9.54. The predicted octanol–water partition coefficient (Wildman–Crippen LogP) is 2.79. The Bertz CT molecular complexity index is 483. The van der Waals surface area contributed by atoms with E-state index in [1.165, 1.54) is 0 Å². The van der Waals surface area contributed by atoms with Crippen LogP contribution in [0.2, 0.25) is 0 Å². The summed E-state index contributed by atoms with van der Waals surface area (Å²) in [5.74, 6) is -0.823. The molecular weight excluding hydrogens is 283 g/mol. The molecule has 1 aromatic carbocycles. The Morgan fingerprint density at radius 3 is 2.75 bits per heavy atom. The number of carbonyl (C=O) groups excluding carboxylic acids is 1. The minimum Gasteiger partial charge on any atom is -0.478 e. The van der Waals surface area contributed by atoms with E-state index in [0.29, 0.717) is 6.54 Å². The van der Waals surface area contributed by atoms with Crippen LogP contribution in [0.5, 0.6) is 0 Å². The number of unbranched alkanes of at least 4 members (excludes halogenated alkanes) is 1. The highest BCUT2D eigenvalue weighted by Crippen LogP contribution is 2.16. The maximum Gasteiger partial charge on any atom is 0.335 e. The van der Waals surface area contributed by atoms with Crippen molar-refractivity contribution in [3.8, 4) is 0 Å². The summed E-state index contributed by atoms with van der Waals surface area (Å²) in [4.78, 5) is 22.3. The molecule has 1 rings (SSSR count). The molecule has 0 radical (unpaired) electrons. The van der Waals surface area contributed by atoms with Crippen molar-refractivity contribution < 1.29 is 19.1 Å². The number of hydrogen-bond donors (Lipinski definition) is 3. The normalized spacial score (nSPS) is 10.1. The van der Waals surface area contributed by atoms with Gasteiger partial charge in [-0.05, 0) is 43.0 Å². The molecule has 0 aliphatic heterocycles. The zero-order chi connectivity index (χ0) is 15.0. The highest BCUT2D eigenvalue weighted by Gasteiger charge is 2.10. The van der Waals surface area contributed by atoms with Crippen LogP contribution in [0.3, 0.4) is 0 Å². The number of carbonyl (C=O) groups is 2. The zero-order valence-corrected chi connectivity index (χ0v) is 11.9. The smallest absolute Gasteiger partial charge is 0.335 e. The van der Waals surface area contributed by atoms with E-state index < -0.39 is 17.8 Å². The Kier molecular flexibility index (Phi) is 6.86. The Labute approximate surface area is 120 Å². The first-order valence-corrected chi connectivity index (χ1v) is 7.50. The maximum absolute atomic E-state index is 13.4. The number of rotatable bonds is 7. The molecule has 110 valence electrons. The molecule has 0 fully saturated rings. The van der Waals surface area contributed by atoms with E-state index in [2.05, 4.69) is 10.6 Å². The van der Waals surface area contributed by atoms with E-state index in [1.54, 1.807) is 11.8 Å². The van der Waals surface area contributed by atoms with Crippen molar-refractivity contribution in [2.24, 2.45) is 0 Å². The van der Waals surface area contributed by atoms with Gasteiger partial charge in [0.1, 0.15) is 5.82 Å². The average Bonchev–Trinajstić information content (AvgIpc) is 2.40. The number of aromatic carboxylic acids is 1. The van der Waals surface area contributed by atoms with Crippen LogP contribution in [0.15, 0.2) is 18.2 Å². The Hall–Kier alpha value is -1.76. The number of hydrogen-bond acceptors (Lipinski definition) is 3. The average molecular weight is 300 g/mol. The summed E-state index contributed by atoms with van der Waals surface area (Å²) in [6.07, 6.45) is 3.84. The second-order valence-corrected chi connectivity index (χ2v) is 5.07. The lowest BCUT2D eigenvalue weighted by molar-refractivity contribution is 0.0697. The fraction of sp³-hybridized carbons (Fsp3) is 0.385. The number of nitrogens with one attached hydrogen (secondary N) is 2. The van der Waals surface area contributed by atoms with Crippen molar-refractivity contribution in [3.05, 3.63) is 29.6 Å². The quantitative estimate of drug-likeness (QED) is 0.677. The lowest BCUT2D eigenvalue weighted by Gasteiger charge is -2.09. The minimum atomic E-state index is -1.18. The Morgan fingerprint density at radius 2 is 2.10 bits per heavy atom. The van der Waals surface area contributed by atoms with Crippen LogP contribution in [0.25, 0.3) is 0 Å². The number of urea groups is 1. The molecule has 7 heteroatoms. The van der Waals surface area contributed by atoms with Crippen molar-refractivity contribution in [2.45, 2.75) is 12.8 Å². The molecule has 0 spiro atoms. The second-order valence-electron chi connectivity index (χ2n) is 4.08. The van der Waals surface area contributed by atoms with Gasteiger partial charge in [0.25, 0.3) is 0 Å². The molecule has 20 heavy (non-hydrogen) atoms. The van der Waals surface area contributed by atoms with Gasteiger partial charge < -0.3 is 15.7 Å². The predicted molar refractivity (Wildman–Crippen MR) is 78.0 cm³/mol. The molecule has 0 aromatic heterocycles. The molecule has 5 nitrogen and oxygen atoms in total. The third kappa shape index (κ3) is 5.48. The van der Waals surface area contributed by atoms with Crippen LogP contribution in [-0.2, 0) is 0 Å². The van der Waals surface area contributed by atoms with Crippen LogP contribution in [-0.4, -0.2) is 35.7 Å². The van der Waals surface area contributed by atoms with E-state index in [1.807, 2.05) is 6.26 Å². The van der Waals surface area contributed by atoms with Gasteiger partial charge in [0.15, 0.2) is 0 Å². The second kappa shape index (κ2) is 8.42. The molecule has 0 saturated carbocycles. The van der Waals surface area contributed by atoms with Gasteiger partial charge in [-0.2, -0.15) is 11.8 Å². The summed E-state index contributed by atoms with van der Waals surface area (Å²) in [7, 11) is 0. The van der Waals surface area contributed by atoms with Gasteiger partial charge in [-0.3, -0.25) is 0 Å². The summed E-state index contributed by atoms with van der Waals surface area (Å²) in [6, 6.07) is 2.70. The van der Waals surface area contributed by atoms with E-state index in [9.17, 15) is 14.0 Å². The summed E-state index contributed by atoms with van der Waals surface area (Å²) in [5, 5.41) is 13.7. The zero-order valence-electron chi connectivity index (χ0n) is 11.1. The van der Waals surface area contributed by atoms with E-state index in [-0.39, 0.29) is 11.3 Å². The molecule has 0 saturated heterocycles. The summed E-state index contributed by atoms with van der Waals surface area (Å²) >= 11 is 1.74. The monoisotopic (exact) mass is 300 g/mol. The Balaban J connectivity index is 2.49. The molecule has 0 aliphatic carbocycles. The lowest BCUT2D eigenvalue weighted by Crippen LogP contribution is -2.30. The van der Waals surface area contributed by atoms with Crippen LogP contribution in [0, 0.1) is 5.82 Å². The van der Waals surface area contributed by atoms with Crippen molar-refractivity contribution in [2.75, 3.05) is 23.9 Å². The van der Waals surface area contributed by atoms with Crippen LogP contribution < -0.4 is 10.6 Å². The number of thioether (sulfide) groups is 1. The maximum atomic E-state index is 13.4. The van der Waals surface area contributed by atoms with E-state index >= 15 is 0 Å². The van der Waals surface area contributed by atoms with E-state index in [4.69, 9.17) is 5.11 Å². The molecule has 3 N–H and O–H groups in total. The third-order valence-corrected chi connectivity index (χ3v) is 3.22. The molecule has 2 amide bonds. The van der Waals surface area contributed by atoms with Gasteiger partial charge in [-0.25, -0.2) is 14.0 Å². The number of carboxylic acid groups (broad SMARTS) is 1. The van der Waals surface area contributed by atoms with E-state index in [0.717, 1.165) is 36.8 Å². The van der Waals surface area contributed by atoms with Crippen molar-refractivity contribution >= 4 is 29.4 Å². The van der Waals surface area contributed by atoms with Crippen LogP contribution in [0.4, 0.5) is 14.9 Å². The summed E-state index contributed by atoms with van der Waals surface area (Å²) in [5.41, 5.74) is -0.229. The lowest BCUT2D eigenvalue weighted by atomic mass is 10.2. The topological polar surface area (TPSA) is 78.4 Å². The molecule has 0 aliphatic rings. The van der Waals surface area contributed by atoms with Crippen molar-refractivity contribution in [1.82, 2.24) is 5.32 Å². The van der Waals surface area contributed by atoms with Gasteiger partial charge in [0.05, 0.1) is 11.3 Å². The van der Waals surface area contributed by atoms with Gasteiger partial charge >= 0.3 is 12.0 Å². The minimum absolute atomic E-state index is 0.0818. The largest absolute Gasteiger partial charge is 0.478 e. The van der Waals surface area contributed by atoms with Crippen molar-refractivity contribution in [3.63, 3.8) is 0 Å². The van der Waals surface area contributed by atoms with Crippen LogP contribution >= 0.6 is 11.8 Å². The summed E-state index contributed by atoms with van der Waals surface area (Å²) < 4.78 is 13.4. The highest BCUT2D eigenvalue weighted by molar-refractivity contribution is 7.98. The fourth-order valence-corrected chi connectivity index (χ4v) is 1.99. The fourth-order valence-electron chi connectivity index (χ4n) is 1.49. The number of halogens is 1. The number of benzene rings is 1. The SMILES string of the molecule is CSCCCCNC(=O)Nc1cc(C(=O)O)ccc1F.